The maximum Gasteiger partial charge on any atom is 0.303 e. The maximum absolute atomic E-state index is 11.7. The van der Waals surface area contributed by atoms with Crippen molar-refractivity contribution >= 4 is 33.5 Å². The largest absolute Gasteiger partial charge is 0.481 e. The molecular weight excluding hydrogens is 298 g/mol. The Morgan fingerprint density at radius 1 is 1.28 bits per heavy atom. The molecule has 1 amide bonds. The van der Waals surface area contributed by atoms with E-state index in [2.05, 4.69) is 21.2 Å². The number of nitrogens with one attached hydrogen (secondary N) is 1. The van der Waals surface area contributed by atoms with Crippen LogP contribution in [0.15, 0.2) is 16.6 Å². The van der Waals surface area contributed by atoms with E-state index in [9.17, 15) is 9.59 Å². The number of aliphatic carboxylic acids is 1. The summed E-state index contributed by atoms with van der Waals surface area (Å²) in [6.45, 7) is 3.90. The van der Waals surface area contributed by atoms with Crippen LogP contribution in [0.2, 0.25) is 0 Å². The second-order valence-electron chi connectivity index (χ2n) is 4.23. The number of carbonyl (C=O) groups is 2. The molecule has 0 atom stereocenters. The van der Waals surface area contributed by atoms with Crippen molar-refractivity contribution in [2.75, 3.05) is 5.32 Å². The van der Waals surface area contributed by atoms with E-state index in [1.807, 2.05) is 26.0 Å². The molecule has 1 aromatic rings. The summed E-state index contributed by atoms with van der Waals surface area (Å²) < 4.78 is 0.839. The number of rotatable bonds is 5. The maximum atomic E-state index is 11.7. The van der Waals surface area contributed by atoms with Crippen LogP contribution >= 0.6 is 15.9 Å². The first-order valence-corrected chi connectivity index (χ1v) is 6.48. The number of halogens is 1. The van der Waals surface area contributed by atoms with Gasteiger partial charge in [0.2, 0.25) is 5.91 Å². The Bertz CT molecular complexity index is 448. The molecule has 0 aliphatic rings. The third-order valence-corrected chi connectivity index (χ3v) is 3.12. The number of carbonyl (C=O) groups excluding carboxylic acids is 1. The minimum Gasteiger partial charge on any atom is -0.481 e. The van der Waals surface area contributed by atoms with Gasteiger partial charge in [-0.15, -0.1) is 0 Å². The zero-order valence-corrected chi connectivity index (χ0v) is 12.0. The van der Waals surface area contributed by atoms with Gasteiger partial charge in [-0.1, -0.05) is 6.07 Å². The minimum absolute atomic E-state index is 0.0153. The van der Waals surface area contributed by atoms with Gasteiger partial charge in [-0.3, -0.25) is 9.59 Å². The molecule has 0 saturated heterocycles. The van der Waals surface area contributed by atoms with Crippen molar-refractivity contribution in [2.45, 2.75) is 33.1 Å². The van der Waals surface area contributed by atoms with E-state index >= 15 is 0 Å². The van der Waals surface area contributed by atoms with Crippen molar-refractivity contribution in [3.63, 3.8) is 0 Å². The molecule has 0 heterocycles. The standard InChI is InChI=1S/C13H16BrNO3/c1-8-6-9(2)13(10(14)7-8)15-11(16)4-3-5-12(17)18/h6-7H,3-5H2,1-2H3,(H,15,16)(H,17,18). The predicted octanol–water partition coefficient (Wildman–Crippen LogP) is 3.26. The van der Waals surface area contributed by atoms with E-state index in [1.165, 1.54) is 0 Å². The third kappa shape index (κ3) is 4.49. The topological polar surface area (TPSA) is 66.4 Å². The van der Waals surface area contributed by atoms with Crippen LogP contribution < -0.4 is 5.32 Å². The molecule has 0 aliphatic heterocycles. The summed E-state index contributed by atoms with van der Waals surface area (Å²) in [5, 5.41) is 11.3. The highest BCUT2D eigenvalue weighted by Gasteiger charge is 2.09. The average molecular weight is 314 g/mol. The van der Waals surface area contributed by atoms with Crippen molar-refractivity contribution in [3.8, 4) is 0 Å². The Kier molecular flexibility index (Phi) is 5.34. The van der Waals surface area contributed by atoms with Crippen LogP contribution in [0.5, 0.6) is 0 Å². The van der Waals surface area contributed by atoms with Gasteiger partial charge in [0.25, 0.3) is 0 Å². The summed E-state index contributed by atoms with van der Waals surface area (Å²) in [4.78, 5) is 22.0. The molecule has 18 heavy (non-hydrogen) atoms. The lowest BCUT2D eigenvalue weighted by molar-refractivity contribution is -0.137. The molecule has 0 bridgehead atoms. The molecule has 0 unspecified atom stereocenters. The molecular formula is C13H16BrNO3. The Labute approximate surface area is 115 Å². The molecule has 0 radical (unpaired) electrons. The SMILES string of the molecule is Cc1cc(C)c(NC(=O)CCCC(=O)O)c(Br)c1. The first kappa shape index (κ1) is 14.7. The van der Waals surface area contributed by atoms with Crippen LogP contribution in [0.3, 0.4) is 0 Å². The lowest BCUT2D eigenvalue weighted by Gasteiger charge is -2.11. The van der Waals surface area contributed by atoms with E-state index < -0.39 is 5.97 Å². The third-order valence-electron chi connectivity index (χ3n) is 2.49. The Morgan fingerprint density at radius 2 is 1.94 bits per heavy atom. The van der Waals surface area contributed by atoms with E-state index in [1.54, 1.807) is 0 Å². The molecule has 5 heteroatoms. The van der Waals surface area contributed by atoms with Crippen LogP contribution in [0, 0.1) is 13.8 Å². The van der Waals surface area contributed by atoms with Crippen molar-refractivity contribution in [3.05, 3.63) is 27.7 Å². The first-order chi connectivity index (χ1) is 8.40. The lowest BCUT2D eigenvalue weighted by atomic mass is 10.1. The van der Waals surface area contributed by atoms with Crippen molar-refractivity contribution in [1.82, 2.24) is 0 Å². The fraction of sp³-hybridized carbons (Fsp3) is 0.385. The van der Waals surface area contributed by atoms with Crippen molar-refractivity contribution < 1.29 is 14.7 Å². The summed E-state index contributed by atoms with van der Waals surface area (Å²) in [5.41, 5.74) is 2.85. The van der Waals surface area contributed by atoms with Crippen molar-refractivity contribution in [1.29, 1.82) is 0 Å². The van der Waals surface area contributed by atoms with Crippen LogP contribution in [-0.4, -0.2) is 17.0 Å². The molecule has 0 fully saturated rings. The van der Waals surface area contributed by atoms with Gasteiger partial charge in [-0.05, 0) is 53.4 Å². The van der Waals surface area contributed by atoms with Gasteiger partial charge in [0.1, 0.15) is 0 Å². The quantitative estimate of drug-likeness (QED) is 0.876. The van der Waals surface area contributed by atoms with Gasteiger partial charge < -0.3 is 10.4 Å². The molecule has 4 nitrogen and oxygen atoms in total. The predicted molar refractivity (Wildman–Crippen MR) is 73.7 cm³/mol. The number of anilines is 1. The second-order valence-corrected chi connectivity index (χ2v) is 5.09. The highest BCUT2D eigenvalue weighted by Crippen LogP contribution is 2.27. The minimum atomic E-state index is -0.879. The van der Waals surface area contributed by atoms with Gasteiger partial charge in [0, 0.05) is 17.3 Å². The molecule has 0 aliphatic carbocycles. The number of hydrogen-bond donors (Lipinski definition) is 2. The highest BCUT2D eigenvalue weighted by atomic mass is 79.9. The number of benzene rings is 1. The molecule has 0 aromatic heterocycles. The van der Waals surface area contributed by atoms with E-state index in [-0.39, 0.29) is 18.7 Å². The van der Waals surface area contributed by atoms with Crippen molar-refractivity contribution in [2.24, 2.45) is 0 Å². The van der Waals surface area contributed by atoms with Crippen LogP contribution in [0.4, 0.5) is 5.69 Å². The zero-order chi connectivity index (χ0) is 13.7. The molecule has 1 rings (SSSR count). The number of amides is 1. The fourth-order valence-corrected chi connectivity index (χ4v) is 2.45. The highest BCUT2D eigenvalue weighted by molar-refractivity contribution is 9.10. The molecule has 0 saturated carbocycles. The smallest absolute Gasteiger partial charge is 0.303 e. The normalized spacial score (nSPS) is 10.2. The first-order valence-electron chi connectivity index (χ1n) is 5.68. The van der Waals surface area contributed by atoms with E-state index in [0.29, 0.717) is 6.42 Å². The van der Waals surface area contributed by atoms with Gasteiger partial charge in [0.15, 0.2) is 0 Å². The molecule has 1 aromatic carbocycles. The summed E-state index contributed by atoms with van der Waals surface area (Å²) in [6.07, 6.45) is 0.581. The number of aryl methyl sites for hydroxylation is 2. The summed E-state index contributed by atoms with van der Waals surface area (Å²) >= 11 is 3.41. The van der Waals surface area contributed by atoms with Gasteiger partial charge in [0.05, 0.1) is 5.69 Å². The van der Waals surface area contributed by atoms with Gasteiger partial charge in [-0.2, -0.15) is 0 Å². The summed E-state index contributed by atoms with van der Waals surface area (Å²) in [5.74, 6) is -1.04. The van der Waals surface area contributed by atoms with Gasteiger partial charge >= 0.3 is 5.97 Å². The Balaban J connectivity index is 2.62. The lowest BCUT2D eigenvalue weighted by Crippen LogP contribution is -2.13. The molecule has 0 spiro atoms. The van der Waals surface area contributed by atoms with Gasteiger partial charge in [-0.25, -0.2) is 0 Å². The monoisotopic (exact) mass is 313 g/mol. The second kappa shape index (κ2) is 6.54. The van der Waals surface area contributed by atoms with E-state index in [0.717, 1.165) is 21.3 Å². The summed E-state index contributed by atoms with van der Waals surface area (Å²) in [7, 11) is 0. The van der Waals surface area contributed by atoms with Crippen LogP contribution in [-0.2, 0) is 9.59 Å². The van der Waals surface area contributed by atoms with Crippen LogP contribution in [0.1, 0.15) is 30.4 Å². The van der Waals surface area contributed by atoms with Crippen LogP contribution in [0.25, 0.3) is 0 Å². The Hall–Kier alpha value is -1.36. The molecule has 98 valence electrons. The Morgan fingerprint density at radius 3 is 2.50 bits per heavy atom. The van der Waals surface area contributed by atoms with E-state index in [4.69, 9.17) is 5.11 Å². The average Bonchev–Trinajstić information content (AvgIpc) is 2.22. The zero-order valence-electron chi connectivity index (χ0n) is 10.4. The number of carboxylic acid groups (broad SMARTS) is 1. The number of carboxylic acids is 1. The summed E-state index contributed by atoms with van der Waals surface area (Å²) in [6, 6.07) is 3.91. The fourth-order valence-electron chi connectivity index (χ4n) is 1.68. The molecule has 2 N–H and O–H groups in total. The number of hydrogen-bond acceptors (Lipinski definition) is 2.